The van der Waals surface area contributed by atoms with Gasteiger partial charge < -0.3 is 9.30 Å². The normalized spacial score (nSPS) is 12.8. The van der Waals surface area contributed by atoms with Crippen molar-refractivity contribution >= 4 is 26.9 Å². The average Bonchev–Trinajstić information content (AvgIpc) is 3.08. The summed E-state index contributed by atoms with van der Waals surface area (Å²) in [6.45, 7) is 3.83. The Morgan fingerprint density at radius 1 is 1.17 bits per heavy atom. The van der Waals surface area contributed by atoms with E-state index in [1.807, 2.05) is 42.1 Å². The number of aryl methyl sites for hydroxylation is 1. The van der Waals surface area contributed by atoms with Gasteiger partial charge >= 0.3 is 5.97 Å². The summed E-state index contributed by atoms with van der Waals surface area (Å²) in [4.78, 5) is 12.9. The quantitative estimate of drug-likeness (QED) is 0.388. The third-order valence-corrected chi connectivity index (χ3v) is 7.04. The number of aromatic nitrogens is 1. The number of esters is 1. The number of nitrogens with zero attached hydrogens (tertiary/aromatic N) is 2. The maximum absolute atomic E-state index is 13.4. The van der Waals surface area contributed by atoms with Crippen LogP contribution in [0.1, 0.15) is 12.0 Å². The zero-order valence-corrected chi connectivity index (χ0v) is 18.0. The molecule has 0 saturated carbocycles. The highest BCUT2D eigenvalue weighted by molar-refractivity contribution is 7.89. The van der Waals surface area contributed by atoms with Crippen LogP contribution in [0.3, 0.4) is 0 Å². The minimum atomic E-state index is -3.92. The van der Waals surface area contributed by atoms with Gasteiger partial charge in [0.2, 0.25) is 10.0 Å². The molecule has 0 N–H and O–H groups in total. The van der Waals surface area contributed by atoms with E-state index in [0.29, 0.717) is 6.42 Å². The summed E-state index contributed by atoms with van der Waals surface area (Å²) < 4.78 is 35.1. The lowest BCUT2D eigenvalue weighted by molar-refractivity contribution is -0.145. The molecule has 0 aliphatic carbocycles. The Kier molecular flexibility index (Phi) is 6.74. The Morgan fingerprint density at radius 2 is 1.83 bits per heavy atom. The van der Waals surface area contributed by atoms with E-state index < -0.39 is 22.0 Å². The fourth-order valence-electron chi connectivity index (χ4n) is 3.63. The van der Waals surface area contributed by atoms with Crippen molar-refractivity contribution in [2.75, 3.05) is 13.7 Å². The molecule has 3 rings (SSSR count). The van der Waals surface area contributed by atoms with Crippen LogP contribution >= 0.6 is 0 Å². The van der Waals surface area contributed by atoms with Gasteiger partial charge in [-0.15, -0.1) is 6.58 Å². The molecule has 158 valence electrons. The first-order valence-corrected chi connectivity index (χ1v) is 11.1. The minimum absolute atomic E-state index is 0.130. The zero-order valence-electron chi connectivity index (χ0n) is 17.2. The van der Waals surface area contributed by atoms with Gasteiger partial charge in [-0.25, -0.2) is 8.42 Å². The Bertz CT molecular complexity index is 1140. The number of carbonyl (C=O) groups is 1. The van der Waals surface area contributed by atoms with Gasteiger partial charge in [0.15, 0.2) is 0 Å². The highest BCUT2D eigenvalue weighted by Crippen LogP contribution is 2.26. The number of para-hydroxylation sites is 1. The lowest BCUT2D eigenvalue weighted by Gasteiger charge is -2.29. The maximum Gasteiger partial charge on any atom is 0.324 e. The van der Waals surface area contributed by atoms with Crippen molar-refractivity contribution in [2.24, 2.45) is 7.05 Å². The summed E-state index contributed by atoms with van der Waals surface area (Å²) in [6, 6.07) is 15.0. The van der Waals surface area contributed by atoms with E-state index >= 15 is 0 Å². The molecule has 0 aliphatic heterocycles. The molecule has 2 aromatic carbocycles. The molecule has 6 nitrogen and oxygen atoms in total. The molecule has 0 amide bonds. The van der Waals surface area contributed by atoms with Crippen molar-refractivity contribution in [1.82, 2.24) is 8.87 Å². The van der Waals surface area contributed by atoms with Crippen LogP contribution in [0.25, 0.3) is 10.9 Å². The number of rotatable bonds is 9. The maximum atomic E-state index is 13.4. The molecule has 1 heterocycles. The number of hydrogen-bond donors (Lipinski definition) is 0. The van der Waals surface area contributed by atoms with E-state index in [1.54, 1.807) is 24.3 Å². The van der Waals surface area contributed by atoms with Gasteiger partial charge in [-0.1, -0.05) is 42.5 Å². The van der Waals surface area contributed by atoms with Gasteiger partial charge in [0, 0.05) is 37.1 Å². The molecular formula is C23H26N2O4S. The summed E-state index contributed by atoms with van der Waals surface area (Å²) in [6.07, 6.45) is 4.19. The molecule has 0 saturated heterocycles. The van der Waals surface area contributed by atoms with E-state index in [4.69, 9.17) is 4.74 Å². The van der Waals surface area contributed by atoms with E-state index in [2.05, 4.69) is 6.58 Å². The first-order chi connectivity index (χ1) is 14.4. The van der Waals surface area contributed by atoms with Crippen LogP contribution in [0.15, 0.2) is 78.3 Å². The lowest BCUT2D eigenvalue weighted by atomic mass is 10.0. The predicted molar refractivity (Wildman–Crippen MR) is 118 cm³/mol. The van der Waals surface area contributed by atoms with E-state index in [1.165, 1.54) is 23.5 Å². The zero-order chi connectivity index (χ0) is 21.7. The van der Waals surface area contributed by atoms with E-state index in [0.717, 1.165) is 16.5 Å². The highest BCUT2D eigenvalue weighted by atomic mass is 32.2. The Balaban J connectivity index is 2.08. The fourth-order valence-corrected chi connectivity index (χ4v) is 5.24. The van der Waals surface area contributed by atoms with Gasteiger partial charge in [-0.3, -0.25) is 4.79 Å². The first kappa shape index (κ1) is 21.8. The van der Waals surface area contributed by atoms with Gasteiger partial charge in [-0.05, 0) is 30.2 Å². The smallest absolute Gasteiger partial charge is 0.324 e. The van der Waals surface area contributed by atoms with Crippen molar-refractivity contribution in [3.05, 3.63) is 79.0 Å². The molecule has 0 bridgehead atoms. The fraction of sp³-hybridized carbons (Fsp3) is 0.261. The SMILES string of the molecule is C=CCCN([C@@H](Cc1cn(C)c2ccccc12)C(=O)OC)S(=O)(=O)c1ccccc1. The van der Waals surface area contributed by atoms with Crippen LogP contribution in [-0.2, 0) is 33.0 Å². The average molecular weight is 427 g/mol. The molecular weight excluding hydrogens is 400 g/mol. The largest absolute Gasteiger partial charge is 0.468 e. The molecule has 3 aromatic rings. The minimum Gasteiger partial charge on any atom is -0.468 e. The highest BCUT2D eigenvalue weighted by Gasteiger charge is 2.36. The van der Waals surface area contributed by atoms with Gasteiger partial charge in [-0.2, -0.15) is 4.31 Å². The first-order valence-electron chi connectivity index (χ1n) is 9.68. The molecule has 0 fully saturated rings. The summed E-state index contributed by atoms with van der Waals surface area (Å²) in [7, 11) is -0.713. The van der Waals surface area contributed by atoms with Crippen LogP contribution in [0.4, 0.5) is 0 Å². The molecule has 0 radical (unpaired) electrons. The van der Waals surface area contributed by atoms with E-state index in [-0.39, 0.29) is 17.9 Å². The topological polar surface area (TPSA) is 68.6 Å². The number of benzene rings is 2. The van der Waals surface area contributed by atoms with Crippen LogP contribution < -0.4 is 0 Å². The Hall–Kier alpha value is -2.90. The van der Waals surface area contributed by atoms with Crippen LogP contribution in [0, 0.1) is 0 Å². The number of carbonyl (C=O) groups excluding carboxylic acids is 1. The molecule has 7 heteroatoms. The summed E-state index contributed by atoms with van der Waals surface area (Å²) in [5.41, 5.74) is 1.90. The van der Waals surface area contributed by atoms with Crippen molar-refractivity contribution in [2.45, 2.75) is 23.8 Å². The van der Waals surface area contributed by atoms with E-state index in [9.17, 15) is 13.2 Å². The van der Waals surface area contributed by atoms with Crippen molar-refractivity contribution < 1.29 is 17.9 Å². The number of hydrogen-bond acceptors (Lipinski definition) is 4. The van der Waals surface area contributed by atoms with Gasteiger partial charge in [0.1, 0.15) is 6.04 Å². The van der Waals surface area contributed by atoms with Crippen LogP contribution in [0.2, 0.25) is 0 Å². The monoisotopic (exact) mass is 426 g/mol. The number of fused-ring (bicyclic) bond motifs is 1. The van der Waals surface area contributed by atoms with Crippen molar-refractivity contribution in [1.29, 1.82) is 0 Å². The summed E-state index contributed by atoms with van der Waals surface area (Å²) in [5, 5.41) is 0.981. The van der Waals surface area contributed by atoms with Gasteiger partial charge in [0.25, 0.3) is 0 Å². The molecule has 0 spiro atoms. The molecule has 1 aromatic heterocycles. The molecule has 30 heavy (non-hydrogen) atoms. The number of sulfonamides is 1. The number of methoxy groups -OCH3 is 1. The summed E-state index contributed by atoms with van der Waals surface area (Å²) >= 11 is 0. The third kappa shape index (κ3) is 4.32. The summed E-state index contributed by atoms with van der Waals surface area (Å²) in [5.74, 6) is -0.591. The van der Waals surface area contributed by atoms with Crippen molar-refractivity contribution in [3.63, 3.8) is 0 Å². The second-order valence-corrected chi connectivity index (χ2v) is 8.92. The molecule has 0 aliphatic rings. The molecule has 0 unspecified atom stereocenters. The lowest BCUT2D eigenvalue weighted by Crippen LogP contribution is -2.47. The Morgan fingerprint density at radius 3 is 2.50 bits per heavy atom. The standard InChI is InChI=1S/C23H26N2O4S/c1-4-5-15-25(30(27,28)19-11-7-6-8-12-19)22(23(26)29-3)16-18-17-24(2)21-14-10-9-13-20(18)21/h4,6-14,17,22H,1,5,15-16H2,2-3H3/t22-/m0/s1. The second-order valence-electron chi connectivity index (χ2n) is 7.03. The van der Waals surface area contributed by atoms with Crippen LogP contribution in [0.5, 0.6) is 0 Å². The third-order valence-electron chi connectivity index (χ3n) is 5.12. The van der Waals surface area contributed by atoms with Crippen LogP contribution in [-0.4, -0.2) is 43.0 Å². The Labute approximate surface area is 177 Å². The molecule has 1 atom stereocenters. The van der Waals surface area contributed by atoms with Crippen molar-refractivity contribution in [3.8, 4) is 0 Å². The predicted octanol–water partition coefficient (Wildman–Crippen LogP) is 3.53. The van der Waals surface area contributed by atoms with Gasteiger partial charge in [0.05, 0.1) is 12.0 Å². The second kappa shape index (κ2) is 9.28. The number of ether oxygens (including phenoxy) is 1.